The zero-order valence-electron chi connectivity index (χ0n) is 8.03. The van der Waals surface area contributed by atoms with Gasteiger partial charge in [-0.25, -0.2) is 0 Å². The van der Waals surface area contributed by atoms with Gasteiger partial charge in [-0.1, -0.05) is 6.92 Å². The van der Waals surface area contributed by atoms with Gasteiger partial charge in [0.05, 0.1) is 5.69 Å². The standard InChI is InChI=1S/C10H14N2O/c1-3-9(8-13)7-10-5-6-11-12(10)4-2/h5-8H,3-4H2,1-2H3. The summed E-state index contributed by atoms with van der Waals surface area (Å²) in [6, 6.07) is 1.91. The lowest BCUT2D eigenvalue weighted by Gasteiger charge is -1.99. The number of hydrogen-bond acceptors (Lipinski definition) is 2. The molecule has 0 unspecified atom stereocenters. The molecule has 3 heteroatoms. The third kappa shape index (κ3) is 2.28. The minimum Gasteiger partial charge on any atom is -0.298 e. The van der Waals surface area contributed by atoms with Crippen molar-refractivity contribution in [1.82, 2.24) is 9.78 Å². The lowest BCUT2D eigenvalue weighted by molar-refractivity contribution is -0.104. The summed E-state index contributed by atoms with van der Waals surface area (Å²) in [5.74, 6) is 0. The highest BCUT2D eigenvalue weighted by Gasteiger charge is 1.98. The van der Waals surface area contributed by atoms with Crippen molar-refractivity contribution in [2.75, 3.05) is 0 Å². The number of nitrogens with zero attached hydrogens (tertiary/aromatic N) is 2. The van der Waals surface area contributed by atoms with Crippen LogP contribution in [0.1, 0.15) is 26.0 Å². The molecule has 0 bridgehead atoms. The highest BCUT2D eigenvalue weighted by molar-refractivity contribution is 5.80. The molecule has 0 aliphatic heterocycles. The Hall–Kier alpha value is -1.38. The number of aryl methyl sites for hydroxylation is 1. The highest BCUT2D eigenvalue weighted by atomic mass is 16.1. The molecule has 0 spiro atoms. The van der Waals surface area contributed by atoms with E-state index in [0.717, 1.165) is 30.5 Å². The third-order valence-corrected chi connectivity index (χ3v) is 1.94. The van der Waals surface area contributed by atoms with Gasteiger partial charge in [0.2, 0.25) is 0 Å². The average molecular weight is 178 g/mol. The van der Waals surface area contributed by atoms with Gasteiger partial charge in [-0.2, -0.15) is 5.10 Å². The van der Waals surface area contributed by atoms with E-state index in [-0.39, 0.29) is 0 Å². The Bertz CT molecular complexity index is 312. The van der Waals surface area contributed by atoms with Crippen molar-refractivity contribution >= 4 is 12.4 Å². The fourth-order valence-corrected chi connectivity index (χ4v) is 1.14. The molecule has 0 aliphatic rings. The number of allylic oxidation sites excluding steroid dienone is 1. The first-order valence-electron chi connectivity index (χ1n) is 4.49. The number of aldehydes is 1. The third-order valence-electron chi connectivity index (χ3n) is 1.94. The van der Waals surface area contributed by atoms with Crippen LogP contribution in [0.25, 0.3) is 6.08 Å². The maximum absolute atomic E-state index is 10.6. The Kier molecular flexibility index (Phi) is 3.43. The first-order chi connectivity index (χ1) is 6.31. The molecule has 0 saturated heterocycles. The average Bonchev–Trinajstić information content (AvgIpc) is 2.61. The van der Waals surface area contributed by atoms with Crippen LogP contribution in [0.3, 0.4) is 0 Å². The fourth-order valence-electron chi connectivity index (χ4n) is 1.14. The maximum atomic E-state index is 10.6. The summed E-state index contributed by atoms with van der Waals surface area (Å²) in [6.45, 7) is 4.82. The van der Waals surface area contributed by atoms with Crippen molar-refractivity contribution in [3.63, 3.8) is 0 Å². The Morgan fingerprint density at radius 2 is 2.38 bits per heavy atom. The topological polar surface area (TPSA) is 34.9 Å². The molecular weight excluding hydrogens is 164 g/mol. The van der Waals surface area contributed by atoms with Crippen molar-refractivity contribution in [1.29, 1.82) is 0 Å². The minimum atomic E-state index is 0.762. The number of carbonyl (C=O) groups excluding carboxylic acids is 1. The van der Waals surface area contributed by atoms with E-state index >= 15 is 0 Å². The van der Waals surface area contributed by atoms with E-state index in [1.54, 1.807) is 6.20 Å². The Labute approximate surface area is 78.1 Å². The predicted octanol–water partition coefficient (Wildman–Crippen LogP) is 1.90. The van der Waals surface area contributed by atoms with Gasteiger partial charge in [0, 0.05) is 12.7 Å². The van der Waals surface area contributed by atoms with Gasteiger partial charge in [0.15, 0.2) is 0 Å². The van der Waals surface area contributed by atoms with Crippen LogP contribution < -0.4 is 0 Å². The Morgan fingerprint density at radius 1 is 1.62 bits per heavy atom. The van der Waals surface area contributed by atoms with Crippen LogP contribution in [-0.2, 0) is 11.3 Å². The summed E-state index contributed by atoms with van der Waals surface area (Å²) < 4.78 is 1.86. The molecule has 0 aromatic carbocycles. The lowest BCUT2D eigenvalue weighted by atomic mass is 10.2. The lowest BCUT2D eigenvalue weighted by Crippen LogP contribution is -1.99. The van der Waals surface area contributed by atoms with Crippen molar-refractivity contribution in [2.24, 2.45) is 0 Å². The molecule has 3 nitrogen and oxygen atoms in total. The fraction of sp³-hybridized carbons (Fsp3) is 0.400. The number of carbonyl (C=O) groups is 1. The van der Waals surface area contributed by atoms with Crippen molar-refractivity contribution in [3.05, 3.63) is 23.5 Å². The van der Waals surface area contributed by atoms with Gasteiger partial charge in [-0.15, -0.1) is 0 Å². The van der Waals surface area contributed by atoms with E-state index in [0.29, 0.717) is 0 Å². The quantitative estimate of drug-likeness (QED) is 0.521. The summed E-state index contributed by atoms with van der Waals surface area (Å²) in [7, 11) is 0. The zero-order valence-corrected chi connectivity index (χ0v) is 8.03. The zero-order chi connectivity index (χ0) is 9.68. The molecule has 0 fully saturated rings. The Morgan fingerprint density at radius 3 is 2.92 bits per heavy atom. The molecule has 0 aliphatic carbocycles. The van der Waals surface area contributed by atoms with Gasteiger partial charge in [-0.3, -0.25) is 9.48 Å². The molecule has 1 aromatic rings. The van der Waals surface area contributed by atoms with Crippen LogP contribution in [0.2, 0.25) is 0 Å². The van der Waals surface area contributed by atoms with E-state index in [9.17, 15) is 4.79 Å². The van der Waals surface area contributed by atoms with Crippen molar-refractivity contribution < 1.29 is 4.79 Å². The largest absolute Gasteiger partial charge is 0.298 e. The molecule has 0 saturated carbocycles. The van der Waals surface area contributed by atoms with E-state index in [4.69, 9.17) is 0 Å². The summed E-state index contributed by atoms with van der Waals surface area (Å²) in [5.41, 5.74) is 1.79. The molecule has 1 heterocycles. The van der Waals surface area contributed by atoms with Crippen LogP contribution in [0, 0.1) is 0 Å². The summed E-state index contributed by atoms with van der Waals surface area (Å²) in [4.78, 5) is 10.6. The number of rotatable bonds is 4. The molecule has 0 amide bonds. The van der Waals surface area contributed by atoms with Crippen molar-refractivity contribution in [3.8, 4) is 0 Å². The van der Waals surface area contributed by atoms with Gasteiger partial charge in [-0.05, 0) is 31.1 Å². The van der Waals surface area contributed by atoms with Crippen LogP contribution in [0.15, 0.2) is 17.8 Å². The first kappa shape index (κ1) is 9.71. The second-order valence-corrected chi connectivity index (χ2v) is 2.76. The summed E-state index contributed by atoms with van der Waals surface area (Å²) >= 11 is 0. The van der Waals surface area contributed by atoms with Crippen LogP contribution in [0.5, 0.6) is 0 Å². The second-order valence-electron chi connectivity index (χ2n) is 2.76. The van der Waals surface area contributed by atoms with Crippen LogP contribution in [-0.4, -0.2) is 16.1 Å². The number of aromatic nitrogens is 2. The maximum Gasteiger partial charge on any atom is 0.146 e. The predicted molar refractivity (Wildman–Crippen MR) is 52.2 cm³/mol. The smallest absolute Gasteiger partial charge is 0.146 e. The summed E-state index contributed by atoms with van der Waals surface area (Å²) in [6.07, 6.45) is 5.28. The van der Waals surface area contributed by atoms with Crippen LogP contribution in [0.4, 0.5) is 0 Å². The van der Waals surface area contributed by atoms with Crippen molar-refractivity contribution in [2.45, 2.75) is 26.8 Å². The number of hydrogen-bond donors (Lipinski definition) is 0. The minimum absolute atomic E-state index is 0.762. The molecule has 1 aromatic heterocycles. The molecule has 0 radical (unpaired) electrons. The molecule has 0 atom stereocenters. The normalized spacial score (nSPS) is 11.7. The van der Waals surface area contributed by atoms with Gasteiger partial charge in [0.1, 0.15) is 6.29 Å². The van der Waals surface area contributed by atoms with Gasteiger partial charge < -0.3 is 0 Å². The Balaban J connectivity index is 2.94. The molecular formula is C10H14N2O. The second kappa shape index (κ2) is 4.60. The SMILES string of the molecule is CCC(C=O)=Cc1ccnn1CC. The van der Waals surface area contributed by atoms with E-state index in [1.165, 1.54) is 0 Å². The first-order valence-corrected chi connectivity index (χ1v) is 4.49. The van der Waals surface area contributed by atoms with Gasteiger partial charge >= 0.3 is 0 Å². The molecule has 1 rings (SSSR count). The van der Waals surface area contributed by atoms with E-state index in [2.05, 4.69) is 5.10 Å². The van der Waals surface area contributed by atoms with E-state index in [1.807, 2.05) is 30.7 Å². The van der Waals surface area contributed by atoms with Gasteiger partial charge in [0.25, 0.3) is 0 Å². The monoisotopic (exact) mass is 178 g/mol. The summed E-state index contributed by atoms with van der Waals surface area (Å²) in [5, 5.41) is 4.11. The molecule has 70 valence electrons. The highest BCUT2D eigenvalue weighted by Crippen LogP contribution is 2.07. The molecule has 0 N–H and O–H groups in total. The van der Waals surface area contributed by atoms with E-state index < -0.39 is 0 Å². The molecule has 13 heavy (non-hydrogen) atoms. The van der Waals surface area contributed by atoms with Crippen LogP contribution >= 0.6 is 0 Å².